The van der Waals surface area contributed by atoms with Gasteiger partial charge in [-0.2, -0.15) is 11.8 Å². The molecule has 0 radical (unpaired) electrons. The highest BCUT2D eigenvalue weighted by Gasteiger charge is 2.40. The molecule has 1 aliphatic carbocycles. The summed E-state index contributed by atoms with van der Waals surface area (Å²) in [4.78, 5) is 11.5. The molecular formula is C14H26O2S. The second-order valence-electron chi connectivity index (χ2n) is 5.24. The molecule has 0 unspecified atom stereocenters. The first-order valence-electron chi connectivity index (χ1n) is 6.95. The van der Waals surface area contributed by atoms with Gasteiger partial charge in [-0.05, 0) is 55.9 Å². The van der Waals surface area contributed by atoms with Gasteiger partial charge in [-0.15, -0.1) is 0 Å². The highest BCUT2D eigenvalue weighted by Crippen LogP contribution is 2.43. The van der Waals surface area contributed by atoms with Crippen molar-refractivity contribution in [2.24, 2.45) is 11.3 Å². The van der Waals surface area contributed by atoms with Crippen molar-refractivity contribution in [2.45, 2.75) is 58.8 Å². The van der Waals surface area contributed by atoms with Crippen LogP contribution >= 0.6 is 11.8 Å². The number of carboxylic acids is 1. The van der Waals surface area contributed by atoms with Gasteiger partial charge >= 0.3 is 5.97 Å². The van der Waals surface area contributed by atoms with Crippen LogP contribution in [0, 0.1) is 11.3 Å². The summed E-state index contributed by atoms with van der Waals surface area (Å²) < 4.78 is 0. The van der Waals surface area contributed by atoms with Gasteiger partial charge in [-0.3, -0.25) is 4.79 Å². The minimum Gasteiger partial charge on any atom is -0.481 e. The van der Waals surface area contributed by atoms with Gasteiger partial charge in [0.2, 0.25) is 0 Å². The van der Waals surface area contributed by atoms with Crippen molar-refractivity contribution in [3.05, 3.63) is 0 Å². The van der Waals surface area contributed by atoms with Crippen molar-refractivity contribution in [1.82, 2.24) is 0 Å². The van der Waals surface area contributed by atoms with Crippen LogP contribution in [0.2, 0.25) is 0 Å². The number of aliphatic carboxylic acids is 1. The van der Waals surface area contributed by atoms with E-state index in [0.29, 0.717) is 0 Å². The van der Waals surface area contributed by atoms with Crippen LogP contribution in [-0.2, 0) is 4.79 Å². The predicted molar refractivity (Wildman–Crippen MR) is 74.6 cm³/mol. The van der Waals surface area contributed by atoms with E-state index in [1.165, 1.54) is 6.42 Å². The fourth-order valence-corrected chi connectivity index (χ4v) is 3.50. The summed E-state index contributed by atoms with van der Waals surface area (Å²) in [7, 11) is 0. The van der Waals surface area contributed by atoms with Crippen LogP contribution in [0.25, 0.3) is 0 Å². The van der Waals surface area contributed by atoms with Crippen LogP contribution in [0.5, 0.6) is 0 Å². The summed E-state index contributed by atoms with van der Waals surface area (Å²) in [6, 6.07) is 0. The Labute approximate surface area is 110 Å². The van der Waals surface area contributed by atoms with E-state index in [-0.39, 0.29) is 5.41 Å². The van der Waals surface area contributed by atoms with E-state index in [1.807, 2.05) is 11.8 Å². The quantitative estimate of drug-likeness (QED) is 0.696. The fourth-order valence-electron chi connectivity index (χ4n) is 2.87. The molecule has 0 amide bonds. The molecule has 0 aromatic heterocycles. The second kappa shape index (κ2) is 7.30. The van der Waals surface area contributed by atoms with Crippen LogP contribution in [0.4, 0.5) is 0 Å². The van der Waals surface area contributed by atoms with Gasteiger partial charge in [0.15, 0.2) is 0 Å². The monoisotopic (exact) mass is 258 g/mol. The van der Waals surface area contributed by atoms with Gasteiger partial charge in [0.05, 0.1) is 5.41 Å². The van der Waals surface area contributed by atoms with Crippen LogP contribution in [0.3, 0.4) is 0 Å². The van der Waals surface area contributed by atoms with Gasteiger partial charge in [-0.25, -0.2) is 0 Å². The fraction of sp³-hybridized carbons (Fsp3) is 0.929. The van der Waals surface area contributed by atoms with E-state index in [9.17, 15) is 9.90 Å². The Kier molecular flexibility index (Phi) is 6.39. The number of carboxylic acid groups (broad SMARTS) is 1. The number of hydrogen-bond donors (Lipinski definition) is 1. The molecule has 0 aromatic rings. The van der Waals surface area contributed by atoms with Gasteiger partial charge in [0.1, 0.15) is 0 Å². The Morgan fingerprint density at radius 2 is 2.00 bits per heavy atom. The summed E-state index contributed by atoms with van der Waals surface area (Å²) in [6.07, 6.45) is 7.18. The maximum absolute atomic E-state index is 11.5. The first kappa shape index (κ1) is 14.9. The molecule has 0 bridgehead atoms. The summed E-state index contributed by atoms with van der Waals surface area (Å²) in [5.41, 5.74) is -0.389. The molecule has 0 aromatic carbocycles. The topological polar surface area (TPSA) is 37.3 Å². The third kappa shape index (κ3) is 4.20. The molecule has 0 saturated heterocycles. The molecule has 1 aliphatic rings. The minimum atomic E-state index is -0.548. The zero-order valence-electron chi connectivity index (χ0n) is 11.2. The molecule has 1 N–H and O–H groups in total. The lowest BCUT2D eigenvalue weighted by atomic mass is 9.67. The Bertz CT molecular complexity index is 232. The molecule has 1 fully saturated rings. The van der Waals surface area contributed by atoms with Crippen LogP contribution < -0.4 is 0 Å². The normalized spacial score (nSPS) is 29.2. The average molecular weight is 258 g/mol. The second-order valence-corrected chi connectivity index (χ2v) is 6.63. The van der Waals surface area contributed by atoms with Crippen molar-refractivity contribution in [2.75, 3.05) is 11.5 Å². The molecule has 2 nitrogen and oxygen atoms in total. The van der Waals surface area contributed by atoms with Gasteiger partial charge in [0, 0.05) is 0 Å². The van der Waals surface area contributed by atoms with Crippen molar-refractivity contribution in [3.8, 4) is 0 Å². The Morgan fingerprint density at radius 3 is 2.47 bits per heavy atom. The third-order valence-corrected chi connectivity index (χ3v) is 5.23. The molecular weight excluding hydrogens is 232 g/mol. The lowest BCUT2D eigenvalue weighted by Crippen LogP contribution is -2.35. The van der Waals surface area contributed by atoms with Crippen LogP contribution in [0.1, 0.15) is 58.8 Å². The van der Waals surface area contributed by atoms with Gasteiger partial charge < -0.3 is 5.11 Å². The Hall–Kier alpha value is -0.180. The summed E-state index contributed by atoms with van der Waals surface area (Å²) >= 11 is 1.92. The first-order valence-corrected chi connectivity index (χ1v) is 8.11. The molecule has 1 rings (SSSR count). The lowest BCUT2D eigenvalue weighted by Gasteiger charge is -2.36. The molecule has 0 heterocycles. The molecule has 0 atom stereocenters. The number of rotatable bonds is 7. The van der Waals surface area contributed by atoms with E-state index < -0.39 is 5.97 Å². The molecule has 100 valence electrons. The van der Waals surface area contributed by atoms with Crippen molar-refractivity contribution >= 4 is 17.7 Å². The summed E-state index contributed by atoms with van der Waals surface area (Å²) in [6.45, 7) is 4.38. The van der Waals surface area contributed by atoms with Crippen molar-refractivity contribution in [1.29, 1.82) is 0 Å². The Morgan fingerprint density at radius 1 is 1.35 bits per heavy atom. The van der Waals surface area contributed by atoms with E-state index in [4.69, 9.17) is 0 Å². The van der Waals surface area contributed by atoms with E-state index in [0.717, 1.165) is 55.9 Å². The number of carbonyl (C=O) groups is 1. The lowest BCUT2D eigenvalue weighted by molar-refractivity contribution is -0.152. The number of hydrogen-bond acceptors (Lipinski definition) is 2. The number of thioether (sulfide) groups is 1. The molecule has 17 heavy (non-hydrogen) atoms. The highest BCUT2D eigenvalue weighted by molar-refractivity contribution is 7.99. The van der Waals surface area contributed by atoms with Crippen LogP contribution in [-0.4, -0.2) is 22.6 Å². The SMILES string of the molecule is CCSCCCC1(C(=O)O)CCC(CC)CC1. The van der Waals surface area contributed by atoms with E-state index in [2.05, 4.69) is 13.8 Å². The largest absolute Gasteiger partial charge is 0.481 e. The zero-order valence-corrected chi connectivity index (χ0v) is 12.0. The maximum atomic E-state index is 11.5. The smallest absolute Gasteiger partial charge is 0.309 e. The maximum Gasteiger partial charge on any atom is 0.309 e. The molecule has 1 saturated carbocycles. The molecule has 0 aliphatic heterocycles. The van der Waals surface area contributed by atoms with Crippen molar-refractivity contribution in [3.63, 3.8) is 0 Å². The summed E-state index contributed by atoms with van der Waals surface area (Å²) in [5, 5.41) is 9.50. The predicted octanol–water partition coefficient (Wildman–Crippen LogP) is 4.19. The summed E-state index contributed by atoms with van der Waals surface area (Å²) in [5.74, 6) is 2.47. The standard InChI is InChI=1S/C14H26O2S/c1-3-12-6-9-14(10-7-12,13(15)16)8-5-11-17-4-2/h12H,3-11H2,1-2H3,(H,15,16). The third-order valence-electron chi connectivity index (χ3n) is 4.24. The minimum absolute atomic E-state index is 0.389. The van der Waals surface area contributed by atoms with E-state index >= 15 is 0 Å². The van der Waals surface area contributed by atoms with E-state index in [1.54, 1.807) is 0 Å². The van der Waals surface area contributed by atoms with Crippen LogP contribution in [0.15, 0.2) is 0 Å². The first-order chi connectivity index (χ1) is 8.14. The van der Waals surface area contributed by atoms with Crippen molar-refractivity contribution < 1.29 is 9.90 Å². The average Bonchev–Trinajstić information content (AvgIpc) is 2.35. The van der Waals surface area contributed by atoms with Gasteiger partial charge in [-0.1, -0.05) is 20.3 Å². The highest BCUT2D eigenvalue weighted by atomic mass is 32.2. The zero-order chi connectivity index (χ0) is 12.7. The molecule has 0 spiro atoms. The Balaban J connectivity index is 2.44. The molecule has 3 heteroatoms. The van der Waals surface area contributed by atoms with Gasteiger partial charge in [0.25, 0.3) is 0 Å².